The van der Waals surface area contributed by atoms with Crippen LogP contribution < -0.4 is 15.8 Å². The maximum Gasteiger partial charge on any atom is 0.317 e. The van der Waals surface area contributed by atoms with E-state index in [1.807, 2.05) is 0 Å². The summed E-state index contributed by atoms with van der Waals surface area (Å²) in [5.41, 5.74) is 5.88. The van der Waals surface area contributed by atoms with E-state index in [2.05, 4.69) is 5.32 Å². The number of methoxy groups -OCH3 is 1. The van der Waals surface area contributed by atoms with E-state index in [-0.39, 0.29) is 29.6 Å². The average molecular weight is 309 g/mol. The Kier molecular flexibility index (Phi) is 4.85. The van der Waals surface area contributed by atoms with E-state index < -0.39 is 5.82 Å². The molecule has 1 aromatic carbocycles. The normalized spacial score (nSPS) is 18.9. The Morgan fingerprint density at radius 1 is 1.50 bits per heavy atom. The van der Waals surface area contributed by atoms with Crippen LogP contribution in [-0.2, 0) is 4.79 Å². The molecule has 22 heavy (non-hydrogen) atoms. The van der Waals surface area contributed by atoms with Crippen molar-refractivity contribution >= 4 is 11.9 Å². The van der Waals surface area contributed by atoms with Crippen molar-refractivity contribution in [1.82, 2.24) is 10.2 Å². The number of nitrogens with zero attached hydrogens (tertiary/aromatic N) is 1. The number of urea groups is 1. The number of nitrogens with two attached hydrogens (primary N) is 1. The molecule has 0 radical (unpaired) electrons. The highest BCUT2D eigenvalue weighted by atomic mass is 19.1. The molecule has 6 nitrogen and oxygen atoms in total. The Balaban J connectivity index is 1.97. The highest BCUT2D eigenvalue weighted by Gasteiger charge is 2.30. The van der Waals surface area contributed by atoms with Crippen LogP contribution in [0.5, 0.6) is 5.75 Å². The number of amides is 3. The Morgan fingerprint density at radius 2 is 2.23 bits per heavy atom. The van der Waals surface area contributed by atoms with Crippen molar-refractivity contribution in [2.45, 2.75) is 19.4 Å². The Labute approximate surface area is 128 Å². The molecule has 0 aliphatic carbocycles. The third kappa shape index (κ3) is 3.47. The highest BCUT2D eigenvalue weighted by molar-refractivity contribution is 5.80. The number of nitrogens with one attached hydrogen (secondary N) is 1. The van der Waals surface area contributed by atoms with Gasteiger partial charge in [-0.25, -0.2) is 9.18 Å². The summed E-state index contributed by atoms with van der Waals surface area (Å²) in [6.07, 6.45) is 0.578. The van der Waals surface area contributed by atoms with Gasteiger partial charge in [-0.1, -0.05) is 6.07 Å². The number of carbonyl (C=O) groups is 2. The number of likely N-dealkylation sites (tertiary alicyclic amines) is 1. The molecule has 1 saturated heterocycles. The summed E-state index contributed by atoms with van der Waals surface area (Å²) in [5.74, 6) is -0.998. The fourth-order valence-electron chi connectivity index (χ4n) is 2.49. The number of halogens is 1. The second-order valence-corrected chi connectivity index (χ2v) is 5.40. The van der Waals surface area contributed by atoms with Gasteiger partial charge in [0.1, 0.15) is 0 Å². The van der Waals surface area contributed by atoms with Crippen molar-refractivity contribution in [2.24, 2.45) is 11.7 Å². The number of carbonyl (C=O) groups excluding carboxylic acids is 2. The summed E-state index contributed by atoms with van der Waals surface area (Å²) in [4.78, 5) is 24.8. The molecule has 120 valence electrons. The van der Waals surface area contributed by atoms with Gasteiger partial charge in [0.15, 0.2) is 11.6 Å². The minimum Gasteiger partial charge on any atom is -0.494 e. The van der Waals surface area contributed by atoms with Crippen LogP contribution >= 0.6 is 0 Å². The minimum absolute atomic E-state index is 0.158. The van der Waals surface area contributed by atoms with Gasteiger partial charge in [0.05, 0.1) is 19.1 Å². The molecular formula is C15H20FN3O3. The second kappa shape index (κ2) is 6.64. The first-order chi connectivity index (χ1) is 10.4. The highest BCUT2D eigenvalue weighted by Crippen LogP contribution is 2.22. The monoisotopic (exact) mass is 309 g/mol. The zero-order valence-corrected chi connectivity index (χ0v) is 12.6. The lowest BCUT2D eigenvalue weighted by atomic mass is 10.1. The Morgan fingerprint density at radius 3 is 2.77 bits per heavy atom. The van der Waals surface area contributed by atoms with Crippen molar-refractivity contribution < 1.29 is 18.7 Å². The number of benzene rings is 1. The zero-order chi connectivity index (χ0) is 16.3. The number of primary amides is 1. The van der Waals surface area contributed by atoms with E-state index >= 15 is 0 Å². The van der Waals surface area contributed by atoms with Crippen molar-refractivity contribution in [3.8, 4) is 5.75 Å². The first kappa shape index (κ1) is 16.1. The van der Waals surface area contributed by atoms with Crippen LogP contribution in [0.4, 0.5) is 9.18 Å². The summed E-state index contributed by atoms with van der Waals surface area (Å²) in [5, 5.41) is 2.79. The molecule has 1 aliphatic heterocycles. The summed E-state index contributed by atoms with van der Waals surface area (Å²) in [7, 11) is 1.39. The van der Waals surface area contributed by atoms with Crippen molar-refractivity contribution in [1.29, 1.82) is 0 Å². The van der Waals surface area contributed by atoms with Crippen LogP contribution in [0.15, 0.2) is 18.2 Å². The standard InChI is InChI=1S/C15H20FN3O3/c1-9(10-3-4-13(22-2)12(16)7-10)18-15(21)19-6-5-11(8-19)14(17)20/h3-4,7,9,11H,5-6,8H2,1-2H3,(H2,17,20)(H,18,21)/t9-,11-/m0/s1. The fraction of sp³-hybridized carbons (Fsp3) is 0.467. The van der Waals surface area contributed by atoms with E-state index in [0.29, 0.717) is 25.1 Å². The van der Waals surface area contributed by atoms with Crippen LogP contribution in [0.1, 0.15) is 24.9 Å². The summed E-state index contributed by atoms with van der Waals surface area (Å²) >= 11 is 0. The van der Waals surface area contributed by atoms with E-state index in [1.165, 1.54) is 19.2 Å². The maximum absolute atomic E-state index is 13.7. The first-order valence-electron chi connectivity index (χ1n) is 7.10. The summed E-state index contributed by atoms with van der Waals surface area (Å²) < 4.78 is 18.6. The second-order valence-electron chi connectivity index (χ2n) is 5.40. The fourth-order valence-corrected chi connectivity index (χ4v) is 2.49. The van der Waals surface area contributed by atoms with Gasteiger partial charge in [0, 0.05) is 13.1 Å². The lowest BCUT2D eigenvalue weighted by molar-refractivity contribution is -0.121. The molecule has 1 aliphatic rings. The maximum atomic E-state index is 13.7. The largest absolute Gasteiger partial charge is 0.494 e. The topological polar surface area (TPSA) is 84.7 Å². The van der Waals surface area contributed by atoms with Crippen LogP contribution in [-0.4, -0.2) is 37.0 Å². The van der Waals surface area contributed by atoms with Crippen LogP contribution in [0.25, 0.3) is 0 Å². The molecule has 2 atom stereocenters. The molecule has 1 heterocycles. The summed E-state index contributed by atoms with van der Waals surface area (Å²) in [6.45, 7) is 2.58. The third-order valence-electron chi connectivity index (χ3n) is 3.89. The molecule has 3 amide bonds. The predicted octanol–water partition coefficient (Wildman–Crippen LogP) is 1.41. The molecular weight excluding hydrogens is 289 g/mol. The SMILES string of the molecule is COc1ccc([C@H](C)NC(=O)N2CC[C@H](C(N)=O)C2)cc1F. The molecule has 1 aromatic rings. The van der Waals surface area contributed by atoms with E-state index in [4.69, 9.17) is 10.5 Å². The molecule has 7 heteroatoms. The number of ether oxygens (including phenoxy) is 1. The van der Waals surface area contributed by atoms with Crippen LogP contribution in [0.3, 0.4) is 0 Å². The van der Waals surface area contributed by atoms with Gasteiger partial charge in [0.2, 0.25) is 5.91 Å². The van der Waals surface area contributed by atoms with Gasteiger partial charge < -0.3 is 20.7 Å². The molecule has 0 aromatic heterocycles. The minimum atomic E-state index is -0.476. The van der Waals surface area contributed by atoms with Gasteiger partial charge in [-0.15, -0.1) is 0 Å². The molecule has 0 saturated carbocycles. The van der Waals surface area contributed by atoms with Gasteiger partial charge in [-0.2, -0.15) is 0 Å². The molecule has 0 unspecified atom stereocenters. The molecule has 1 fully saturated rings. The molecule has 0 bridgehead atoms. The Hall–Kier alpha value is -2.31. The average Bonchev–Trinajstić information content (AvgIpc) is 2.97. The van der Waals surface area contributed by atoms with E-state index in [0.717, 1.165) is 0 Å². The van der Waals surface area contributed by atoms with Crippen molar-refractivity contribution in [2.75, 3.05) is 20.2 Å². The zero-order valence-electron chi connectivity index (χ0n) is 12.6. The van der Waals surface area contributed by atoms with Gasteiger partial charge in [-0.3, -0.25) is 4.79 Å². The number of rotatable bonds is 4. The van der Waals surface area contributed by atoms with E-state index in [9.17, 15) is 14.0 Å². The molecule has 2 rings (SSSR count). The Bertz CT molecular complexity index is 579. The first-order valence-corrected chi connectivity index (χ1v) is 7.10. The predicted molar refractivity (Wildman–Crippen MR) is 78.8 cm³/mol. The summed E-state index contributed by atoms with van der Waals surface area (Å²) in [6, 6.07) is 3.91. The van der Waals surface area contributed by atoms with Crippen molar-refractivity contribution in [3.05, 3.63) is 29.6 Å². The number of hydrogen-bond donors (Lipinski definition) is 2. The number of hydrogen-bond acceptors (Lipinski definition) is 3. The quantitative estimate of drug-likeness (QED) is 0.882. The van der Waals surface area contributed by atoms with Gasteiger partial charge in [0.25, 0.3) is 0 Å². The van der Waals surface area contributed by atoms with Crippen molar-refractivity contribution in [3.63, 3.8) is 0 Å². The lowest BCUT2D eigenvalue weighted by Gasteiger charge is -2.21. The van der Waals surface area contributed by atoms with Gasteiger partial charge >= 0.3 is 6.03 Å². The molecule has 0 spiro atoms. The molecule has 3 N–H and O–H groups in total. The smallest absolute Gasteiger partial charge is 0.317 e. The van der Waals surface area contributed by atoms with Gasteiger partial charge in [-0.05, 0) is 31.0 Å². The van der Waals surface area contributed by atoms with Crippen LogP contribution in [0.2, 0.25) is 0 Å². The van der Waals surface area contributed by atoms with Crippen LogP contribution in [0, 0.1) is 11.7 Å². The third-order valence-corrected chi connectivity index (χ3v) is 3.89. The lowest BCUT2D eigenvalue weighted by Crippen LogP contribution is -2.40. The van der Waals surface area contributed by atoms with E-state index in [1.54, 1.807) is 17.9 Å².